The van der Waals surface area contributed by atoms with E-state index in [4.69, 9.17) is 18.9 Å². The standard InChI is InChI=1S/C16H30O8S2/c1-13(17)23-9-15(19)11-25-7-5-21-3-4-22-6-8-26-12-16(20)10-24-14(2)18/h15-16,19-20H,3-12H2,1-2H3. The summed E-state index contributed by atoms with van der Waals surface area (Å²) in [6.45, 7) is 4.78. The Balaban J connectivity index is 3.22. The van der Waals surface area contributed by atoms with E-state index in [0.29, 0.717) is 37.9 Å². The topological polar surface area (TPSA) is 112 Å². The second-order valence-electron chi connectivity index (χ2n) is 5.29. The van der Waals surface area contributed by atoms with Crippen LogP contribution < -0.4 is 0 Å². The van der Waals surface area contributed by atoms with Crippen LogP contribution in [-0.2, 0) is 28.5 Å². The van der Waals surface area contributed by atoms with Gasteiger partial charge >= 0.3 is 11.9 Å². The fourth-order valence-electron chi connectivity index (χ4n) is 1.52. The lowest BCUT2D eigenvalue weighted by molar-refractivity contribution is -0.144. The molecule has 0 saturated heterocycles. The lowest BCUT2D eigenvalue weighted by Crippen LogP contribution is -2.20. The molecule has 0 radical (unpaired) electrons. The number of esters is 2. The SMILES string of the molecule is CC(=O)OCC(O)CSCCOCCOCCSCC(O)COC(C)=O. The van der Waals surface area contributed by atoms with E-state index in [2.05, 4.69) is 0 Å². The third kappa shape index (κ3) is 19.8. The van der Waals surface area contributed by atoms with Gasteiger partial charge in [-0.3, -0.25) is 9.59 Å². The first-order chi connectivity index (χ1) is 12.4. The van der Waals surface area contributed by atoms with Gasteiger partial charge in [-0.05, 0) is 0 Å². The van der Waals surface area contributed by atoms with Gasteiger partial charge in [-0.1, -0.05) is 0 Å². The number of hydrogen-bond acceptors (Lipinski definition) is 10. The summed E-state index contributed by atoms with van der Waals surface area (Å²) in [7, 11) is 0. The maximum absolute atomic E-state index is 10.6. The molecule has 0 aliphatic heterocycles. The molecule has 0 fully saturated rings. The van der Waals surface area contributed by atoms with E-state index in [1.165, 1.54) is 37.4 Å². The third-order valence-corrected chi connectivity index (χ3v) is 4.85. The molecule has 0 aliphatic carbocycles. The van der Waals surface area contributed by atoms with Crippen LogP contribution in [0.25, 0.3) is 0 Å². The Morgan fingerprint density at radius 1 is 0.769 bits per heavy atom. The van der Waals surface area contributed by atoms with E-state index in [1.54, 1.807) is 0 Å². The zero-order chi connectivity index (χ0) is 19.6. The number of carbonyl (C=O) groups excluding carboxylic acids is 2. The van der Waals surface area contributed by atoms with Gasteiger partial charge in [0.1, 0.15) is 13.2 Å². The van der Waals surface area contributed by atoms with Crippen LogP contribution in [0.3, 0.4) is 0 Å². The van der Waals surface area contributed by atoms with Crippen molar-refractivity contribution in [2.45, 2.75) is 26.1 Å². The molecule has 0 heterocycles. The van der Waals surface area contributed by atoms with Crippen molar-refractivity contribution in [2.24, 2.45) is 0 Å². The Morgan fingerprint density at radius 2 is 1.15 bits per heavy atom. The van der Waals surface area contributed by atoms with E-state index in [-0.39, 0.29) is 13.2 Å². The largest absolute Gasteiger partial charge is 0.463 e. The average molecular weight is 415 g/mol. The first-order valence-corrected chi connectivity index (χ1v) is 10.7. The summed E-state index contributed by atoms with van der Waals surface area (Å²) in [5.74, 6) is 1.68. The molecule has 0 aromatic rings. The summed E-state index contributed by atoms with van der Waals surface area (Å²) >= 11 is 3.06. The van der Waals surface area contributed by atoms with E-state index in [9.17, 15) is 19.8 Å². The van der Waals surface area contributed by atoms with Crippen LogP contribution in [0, 0.1) is 0 Å². The molecule has 8 nitrogen and oxygen atoms in total. The highest BCUT2D eigenvalue weighted by atomic mass is 32.2. The Hall–Kier alpha value is -0.520. The molecule has 0 aromatic carbocycles. The summed E-state index contributed by atoms with van der Waals surface area (Å²) in [4.78, 5) is 21.2. The third-order valence-electron chi connectivity index (χ3n) is 2.69. The van der Waals surface area contributed by atoms with Crippen LogP contribution >= 0.6 is 23.5 Å². The van der Waals surface area contributed by atoms with Crippen LogP contribution in [0.1, 0.15) is 13.8 Å². The maximum Gasteiger partial charge on any atom is 0.302 e. The minimum atomic E-state index is -0.655. The minimum absolute atomic E-state index is 0.0236. The molecule has 0 amide bonds. The van der Waals surface area contributed by atoms with Gasteiger partial charge in [-0.25, -0.2) is 0 Å². The first kappa shape index (κ1) is 25.5. The second-order valence-corrected chi connectivity index (χ2v) is 7.59. The van der Waals surface area contributed by atoms with Gasteiger partial charge in [0.2, 0.25) is 0 Å². The quantitative estimate of drug-likeness (QED) is 0.255. The van der Waals surface area contributed by atoms with Crippen molar-refractivity contribution in [3.05, 3.63) is 0 Å². The van der Waals surface area contributed by atoms with Crippen LogP contribution in [0.4, 0.5) is 0 Å². The predicted molar refractivity (Wildman–Crippen MR) is 102 cm³/mol. The first-order valence-electron chi connectivity index (χ1n) is 8.35. The van der Waals surface area contributed by atoms with Gasteiger partial charge in [-0.15, -0.1) is 0 Å². The second kappa shape index (κ2) is 17.9. The summed E-state index contributed by atoms with van der Waals surface area (Å²) in [5.41, 5.74) is 0. The number of ether oxygens (including phenoxy) is 4. The molecule has 0 saturated carbocycles. The van der Waals surface area contributed by atoms with Gasteiger partial charge in [-0.2, -0.15) is 23.5 Å². The lowest BCUT2D eigenvalue weighted by Gasteiger charge is -2.11. The molecular formula is C16H30O8S2. The van der Waals surface area contributed by atoms with Gasteiger partial charge in [0.25, 0.3) is 0 Å². The van der Waals surface area contributed by atoms with Crippen molar-refractivity contribution in [2.75, 3.05) is 62.7 Å². The van der Waals surface area contributed by atoms with Gasteiger partial charge in [0.15, 0.2) is 0 Å². The summed E-state index contributed by atoms with van der Waals surface area (Å²) in [6.07, 6.45) is -1.31. The summed E-state index contributed by atoms with van der Waals surface area (Å²) in [6, 6.07) is 0. The molecule has 2 atom stereocenters. The zero-order valence-electron chi connectivity index (χ0n) is 15.4. The molecular weight excluding hydrogens is 384 g/mol. The van der Waals surface area contributed by atoms with Crippen molar-refractivity contribution in [1.82, 2.24) is 0 Å². The van der Waals surface area contributed by atoms with Crippen molar-refractivity contribution >= 4 is 35.5 Å². The van der Waals surface area contributed by atoms with Gasteiger partial charge in [0.05, 0.1) is 38.6 Å². The Labute approximate surface area is 163 Å². The molecule has 0 rings (SSSR count). The van der Waals surface area contributed by atoms with Crippen molar-refractivity contribution in [1.29, 1.82) is 0 Å². The molecule has 154 valence electrons. The normalized spacial score (nSPS) is 13.2. The van der Waals surface area contributed by atoms with E-state index in [1.807, 2.05) is 0 Å². The smallest absolute Gasteiger partial charge is 0.302 e. The Kier molecular flexibility index (Phi) is 17.5. The Bertz CT molecular complexity index is 336. The van der Waals surface area contributed by atoms with Crippen LogP contribution in [0.2, 0.25) is 0 Å². The predicted octanol–water partition coefficient (Wildman–Crippen LogP) is 0.334. The molecule has 0 aromatic heterocycles. The van der Waals surface area contributed by atoms with Gasteiger partial charge < -0.3 is 29.2 Å². The van der Waals surface area contributed by atoms with Gasteiger partial charge in [0, 0.05) is 36.9 Å². The molecule has 0 aliphatic rings. The van der Waals surface area contributed by atoms with Crippen molar-refractivity contribution in [3.8, 4) is 0 Å². The summed E-state index contributed by atoms with van der Waals surface area (Å²) in [5, 5.41) is 19.1. The van der Waals surface area contributed by atoms with E-state index in [0.717, 1.165) is 11.5 Å². The summed E-state index contributed by atoms with van der Waals surface area (Å²) < 4.78 is 20.2. The number of thioether (sulfide) groups is 2. The number of aliphatic hydroxyl groups excluding tert-OH is 2. The number of hydrogen-bond donors (Lipinski definition) is 2. The minimum Gasteiger partial charge on any atom is -0.463 e. The lowest BCUT2D eigenvalue weighted by atomic mass is 10.4. The Morgan fingerprint density at radius 3 is 1.50 bits per heavy atom. The molecule has 26 heavy (non-hydrogen) atoms. The number of rotatable bonds is 17. The molecule has 2 unspecified atom stereocenters. The van der Waals surface area contributed by atoms with Crippen LogP contribution in [-0.4, -0.2) is 97.0 Å². The molecule has 0 spiro atoms. The molecule has 2 N–H and O–H groups in total. The van der Waals surface area contributed by atoms with Crippen molar-refractivity contribution in [3.63, 3.8) is 0 Å². The zero-order valence-corrected chi connectivity index (χ0v) is 17.0. The average Bonchev–Trinajstić information content (AvgIpc) is 2.59. The molecule has 0 bridgehead atoms. The van der Waals surface area contributed by atoms with E-state index >= 15 is 0 Å². The van der Waals surface area contributed by atoms with Crippen molar-refractivity contribution < 1.29 is 38.7 Å². The fraction of sp³-hybridized carbons (Fsp3) is 0.875. The number of aliphatic hydroxyl groups is 2. The van der Waals surface area contributed by atoms with Crippen LogP contribution in [0.5, 0.6) is 0 Å². The monoisotopic (exact) mass is 414 g/mol. The highest BCUT2D eigenvalue weighted by Gasteiger charge is 2.07. The molecule has 10 heteroatoms. The van der Waals surface area contributed by atoms with E-state index < -0.39 is 24.1 Å². The number of carbonyl (C=O) groups is 2. The van der Waals surface area contributed by atoms with Crippen LogP contribution in [0.15, 0.2) is 0 Å². The maximum atomic E-state index is 10.6. The fourth-order valence-corrected chi connectivity index (χ4v) is 3.06. The highest BCUT2D eigenvalue weighted by Crippen LogP contribution is 2.04. The highest BCUT2D eigenvalue weighted by molar-refractivity contribution is 7.99.